The van der Waals surface area contributed by atoms with Gasteiger partial charge in [0.1, 0.15) is 4.88 Å². The molecule has 1 aromatic carbocycles. The lowest BCUT2D eigenvalue weighted by Gasteiger charge is -2.09. The van der Waals surface area contributed by atoms with Gasteiger partial charge in [-0.25, -0.2) is 0 Å². The summed E-state index contributed by atoms with van der Waals surface area (Å²) in [7, 11) is 1.66. The van der Waals surface area contributed by atoms with E-state index in [2.05, 4.69) is 36.5 Å². The predicted octanol–water partition coefficient (Wildman–Crippen LogP) is 3.87. The van der Waals surface area contributed by atoms with Crippen molar-refractivity contribution in [3.63, 3.8) is 0 Å². The second-order valence-corrected chi connectivity index (χ2v) is 5.74. The Bertz CT molecular complexity index is 755. The van der Waals surface area contributed by atoms with Crippen LogP contribution in [0.15, 0.2) is 54.2 Å². The maximum absolute atomic E-state index is 12.1. The molecule has 0 fully saturated rings. The summed E-state index contributed by atoms with van der Waals surface area (Å²) in [6.07, 6.45) is 3.93. The minimum Gasteiger partial charge on any atom is -0.354 e. The molecule has 1 N–H and O–H groups in total. The summed E-state index contributed by atoms with van der Waals surface area (Å²) < 4.78 is 2.00. The SMILES string of the molecule is CNC(=O)c1scc(-c2ccc(C)cc2)c1-n1cccc1. The fourth-order valence-electron chi connectivity index (χ4n) is 2.30. The van der Waals surface area contributed by atoms with Crippen LogP contribution in [0.25, 0.3) is 16.8 Å². The first-order valence-electron chi connectivity index (χ1n) is 6.74. The Labute approximate surface area is 127 Å². The highest BCUT2D eigenvalue weighted by atomic mass is 32.1. The Morgan fingerprint density at radius 3 is 2.43 bits per heavy atom. The van der Waals surface area contributed by atoms with Crippen molar-refractivity contribution in [3.8, 4) is 16.8 Å². The Kier molecular flexibility index (Phi) is 3.62. The first-order chi connectivity index (χ1) is 10.2. The molecular formula is C17H16N2OS. The Morgan fingerprint density at radius 2 is 1.81 bits per heavy atom. The highest BCUT2D eigenvalue weighted by Crippen LogP contribution is 2.35. The molecule has 1 amide bonds. The van der Waals surface area contributed by atoms with Crippen molar-refractivity contribution in [1.82, 2.24) is 9.88 Å². The van der Waals surface area contributed by atoms with Gasteiger partial charge in [-0.15, -0.1) is 11.3 Å². The molecule has 2 heterocycles. The second-order valence-electron chi connectivity index (χ2n) is 4.86. The smallest absolute Gasteiger partial charge is 0.263 e. The molecule has 0 spiro atoms. The molecule has 4 heteroatoms. The van der Waals surface area contributed by atoms with Crippen LogP contribution in [0, 0.1) is 6.92 Å². The topological polar surface area (TPSA) is 34.0 Å². The number of aromatic nitrogens is 1. The van der Waals surface area contributed by atoms with Crippen molar-refractivity contribution < 1.29 is 4.79 Å². The summed E-state index contributed by atoms with van der Waals surface area (Å²) in [6.45, 7) is 2.07. The van der Waals surface area contributed by atoms with Gasteiger partial charge in [0.25, 0.3) is 5.91 Å². The molecule has 0 unspecified atom stereocenters. The number of nitrogens with zero attached hydrogens (tertiary/aromatic N) is 1. The number of rotatable bonds is 3. The summed E-state index contributed by atoms with van der Waals surface area (Å²) in [6, 6.07) is 12.3. The maximum Gasteiger partial charge on any atom is 0.263 e. The van der Waals surface area contributed by atoms with E-state index in [4.69, 9.17) is 0 Å². The third kappa shape index (κ3) is 2.50. The zero-order valence-corrected chi connectivity index (χ0v) is 12.8. The molecule has 0 bridgehead atoms. The first-order valence-corrected chi connectivity index (χ1v) is 7.62. The van der Waals surface area contributed by atoms with Gasteiger partial charge in [-0.1, -0.05) is 29.8 Å². The third-order valence-electron chi connectivity index (χ3n) is 3.42. The minimum absolute atomic E-state index is 0.0536. The summed E-state index contributed by atoms with van der Waals surface area (Å²) in [5, 5.41) is 4.76. The standard InChI is InChI=1S/C17H16N2OS/c1-12-5-7-13(8-6-12)14-11-21-16(17(20)18-2)15(14)19-9-3-4-10-19/h3-11H,1-2H3,(H,18,20). The quantitative estimate of drug-likeness (QED) is 0.782. The molecule has 21 heavy (non-hydrogen) atoms. The van der Waals surface area contributed by atoms with Crippen LogP contribution >= 0.6 is 11.3 Å². The summed E-state index contributed by atoms with van der Waals surface area (Å²) in [4.78, 5) is 12.8. The monoisotopic (exact) mass is 296 g/mol. The van der Waals surface area contributed by atoms with Gasteiger partial charge in [-0.2, -0.15) is 0 Å². The number of thiophene rings is 1. The van der Waals surface area contributed by atoms with E-state index in [9.17, 15) is 4.79 Å². The number of carbonyl (C=O) groups is 1. The molecule has 0 aliphatic carbocycles. The van der Waals surface area contributed by atoms with Gasteiger partial charge >= 0.3 is 0 Å². The van der Waals surface area contributed by atoms with Crippen LogP contribution in [0.1, 0.15) is 15.2 Å². The van der Waals surface area contributed by atoms with Crippen LogP contribution in [0.5, 0.6) is 0 Å². The van der Waals surface area contributed by atoms with Crippen LogP contribution in [-0.4, -0.2) is 17.5 Å². The average molecular weight is 296 g/mol. The zero-order chi connectivity index (χ0) is 14.8. The molecular weight excluding hydrogens is 280 g/mol. The molecule has 0 atom stereocenters. The van der Waals surface area contributed by atoms with Crippen LogP contribution in [0.4, 0.5) is 0 Å². The molecule has 0 aliphatic rings. The number of aryl methyl sites for hydroxylation is 1. The van der Waals surface area contributed by atoms with E-state index < -0.39 is 0 Å². The summed E-state index contributed by atoms with van der Waals surface area (Å²) in [5.74, 6) is -0.0536. The maximum atomic E-state index is 12.1. The number of hydrogen-bond donors (Lipinski definition) is 1. The van der Waals surface area contributed by atoms with Gasteiger partial charge in [-0.3, -0.25) is 4.79 Å². The van der Waals surface area contributed by atoms with Crippen molar-refractivity contribution in [2.75, 3.05) is 7.05 Å². The molecule has 0 radical (unpaired) electrons. The minimum atomic E-state index is -0.0536. The van der Waals surface area contributed by atoms with Crippen LogP contribution < -0.4 is 5.32 Å². The lowest BCUT2D eigenvalue weighted by atomic mass is 10.0. The van der Waals surface area contributed by atoms with Crippen molar-refractivity contribution in [1.29, 1.82) is 0 Å². The van der Waals surface area contributed by atoms with E-state index in [-0.39, 0.29) is 5.91 Å². The van der Waals surface area contributed by atoms with Gasteiger partial charge in [0.15, 0.2) is 0 Å². The van der Waals surface area contributed by atoms with E-state index in [0.29, 0.717) is 0 Å². The largest absolute Gasteiger partial charge is 0.354 e. The van der Waals surface area contributed by atoms with Gasteiger partial charge in [0, 0.05) is 30.4 Å². The molecule has 3 aromatic rings. The van der Waals surface area contributed by atoms with Crippen molar-refractivity contribution in [3.05, 3.63) is 64.6 Å². The van der Waals surface area contributed by atoms with Crippen molar-refractivity contribution >= 4 is 17.2 Å². The van der Waals surface area contributed by atoms with E-state index in [1.807, 2.05) is 34.5 Å². The van der Waals surface area contributed by atoms with Crippen molar-refractivity contribution in [2.45, 2.75) is 6.92 Å². The van der Waals surface area contributed by atoms with Crippen LogP contribution in [-0.2, 0) is 0 Å². The number of benzene rings is 1. The fourth-order valence-corrected chi connectivity index (χ4v) is 3.32. The average Bonchev–Trinajstić information content (AvgIpc) is 3.15. The molecule has 0 aliphatic heterocycles. The zero-order valence-electron chi connectivity index (χ0n) is 12.0. The van der Waals surface area contributed by atoms with Gasteiger partial charge in [0.2, 0.25) is 0 Å². The Morgan fingerprint density at radius 1 is 1.14 bits per heavy atom. The highest BCUT2D eigenvalue weighted by Gasteiger charge is 2.19. The summed E-state index contributed by atoms with van der Waals surface area (Å²) in [5.41, 5.74) is 4.36. The van der Waals surface area contributed by atoms with E-state index in [1.165, 1.54) is 16.9 Å². The van der Waals surface area contributed by atoms with Gasteiger partial charge in [0.05, 0.1) is 5.69 Å². The van der Waals surface area contributed by atoms with E-state index in [1.54, 1.807) is 7.05 Å². The fraction of sp³-hybridized carbons (Fsp3) is 0.118. The number of hydrogen-bond acceptors (Lipinski definition) is 2. The van der Waals surface area contributed by atoms with E-state index >= 15 is 0 Å². The summed E-state index contributed by atoms with van der Waals surface area (Å²) >= 11 is 1.47. The Hall–Kier alpha value is -2.33. The number of nitrogens with one attached hydrogen (secondary N) is 1. The highest BCUT2D eigenvalue weighted by molar-refractivity contribution is 7.13. The first kappa shape index (κ1) is 13.6. The lowest BCUT2D eigenvalue weighted by Crippen LogP contribution is -2.18. The Balaban J connectivity index is 2.19. The van der Waals surface area contributed by atoms with Gasteiger partial charge in [-0.05, 0) is 24.6 Å². The van der Waals surface area contributed by atoms with E-state index in [0.717, 1.165) is 21.7 Å². The lowest BCUT2D eigenvalue weighted by molar-refractivity contribution is 0.0967. The third-order valence-corrected chi connectivity index (χ3v) is 4.39. The van der Waals surface area contributed by atoms with Crippen LogP contribution in [0.2, 0.25) is 0 Å². The number of amides is 1. The predicted molar refractivity (Wildman–Crippen MR) is 87.2 cm³/mol. The molecule has 3 nitrogen and oxygen atoms in total. The second kappa shape index (κ2) is 5.58. The molecule has 3 rings (SSSR count). The molecule has 0 saturated carbocycles. The van der Waals surface area contributed by atoms with Crippen molar-refractivity contribution in [2.24, 2.45) is 0 Å². The molecule has 0 saturated heterocycles. The normalized spacial score (nSPS) is 10.6. The van der Waals surface area contributed by atoms with Crippen LogP contribution in [0.3, 0.4) is 0 Å². The number of carbonyl (C=O) groups excluding carboxylic acids is 1. The molecule has 2 aromatic heterocycles. The molecule has 106 valence electrons. The van der Waals surface area contributed by atoms with Gasteiger partial charge < -0.3 is 9.88 Å².